The number of benzene rings is 1. The highest BCUT2D eigenvalue weighted by Crippen LogP contribution is 2.12. The van der Waals surface area contributed by atoms with Crippen molar-refractivity contribution in [1.29, 1.82) is 0 Å². The second-order valence-electron chi connectivity index (χ2n) is 2.20. The Labute approximate surface area is 62.1 Å². The number of rotatable bonds is 1. The highest BCUT2D eigenvalue weighted by molar-refractivity contribution is 6.74. The van der Waals surface area contributed by atoms with Gasteiger partial charge < -0.3 is 18.7 Å². The summed E-state index contributed by atoms with van der Waals surface area (Å²) in [5.41, 5.74) is 4.18. The molecular formula is C6H6BF3N-. The second kappa shape index (κ2) is 2.49. The topological polar surface area (TPSA) is 26.0 Å². The summed E-state index contributed by atoms with van der Waals surface area (Å²) < 4.78 is 36.1. The Balaban J connectivity index is 3.14. The SMILES string of the molecule is Nc1ccccc1[B-](F)(F)F. The molecule has 0 heterocycles. The van der Waals surface area contributed by atoms with E-state index in [1.54, 1.807) is 0 Å². The van der Waals surface area contributed by atoms with Crippen molar-refractivity contribution in [2.75, 3.05) is 5.73 Å². The van der Waals surface area contributed by atoms with Gasteiger partial charge in [0, 0.05) is 5.69 Å². The van der Waals surface area contributed by atoms with E-state index < -0.39 is 12.4 Å². The van der Waals surface area contributed by atoms with Gasteiger partial charge in [-0.3, -0.25) is 0 Å². The summed E-state index contributed by atoms with van der Waals surface area (Å²) in [6.45, 7) is -4.95. The molecule has 0 unspecified atom stereocenters. The number of nitrogens with two attached hydrogens (primary N) is 1. The molecule has 0 saturated heterocycles. The molecule has 0 aliphatic carbocycles. The summed E-state index contributed by atoms with van der Waals surface area (Å²) in [5, 5.41) is 0. The fourth-order valence-electron chi connectivity index (χ4n) is 0.809. The van der Waals surface area contributed by atoms with Crippen LogP contribution >= 0.6 is 0 Å². The van der Waals surface area contributed by atoms with Gasteiger partial charge in [0.25, 0.3) is 0 Å². The van der Waals surface area contributed by atoms with Crippen LogP contribution < -0.4 is 11.2 Å². The van der Waals surface area contributed by atoms with Crippen LogP contribution in [-0.4, -0.2) is 6.98 Å². The minimum Gasteiger partial charge on any atom is -0.445 e. The predicted molar refractivity (Wildman–Crippen MR) is 39.6 cm³/mol. The van der Waals surface area contributed by atoms with Crippen LogP contribution in [0, 0.1) is 0 Å². The molecule has 0 amide bonds. The second-order valence-corrected chi connectivity index (χ2v) is 2.20. The van der Waals surface area contributed by atoms with Gasteiger partial charge in [0.15, 0.2) is 0 Å². The minimum atomic E-state index is -4.95. The van der Waals surface area contributed by atoms with Gasteiger partial charge in [0.2, 0.25) is 0 Å². The van der Waals surface area contributed by atoms with Crippen molar-refractivity contribution in [1.82, 2.24) is 0 Å². The third-order valence-corrected chi connectivity index (χ3v) is 1.35. The number of hydrogen-bond donors (Lipinski definition) is 1. The predicted octanol–water partition coefficient (Wildman–Crippen LogP) is 1.32. The molecule has 0 atom stereocenters. The molecule has 1 aromatic carbocycles. The first-order chi connectivity index (χ1) is 5.02. The molecule has 0 aliphatic heterocycles. The molecule has 1 nitrogen and oxygen atoms in total. The Morgan fingerprint density at radius 2 is 1.64 bits per heavy atom. The Hall–Kier alpha value is -1.13. The quantitative estimate of drug-likeness (QED) is 0.486. The van der Waals surface area contributed by atoms with Crippen molar-refractivity contribution in [2.24, 2.45) is 0 Å². The molecule has 1 rings (SSSR count). The number of anilines is 1. The van der Waals surface area contributed by atoms with Crippen LogP contribution in [0.15, 0.2) is 24.3 Å². The lowest BCUT2D eigenvalue weighted by molar-refractivity contribution is 0.501. The summed E-state index contributed by atoms with van der Waals surface area (Å²) in [5.74, 6) is 0. The normalized spacial score (nSPS) is 11.5. The van der Waals surface area contributed by atoms with Gasteiger partial charge in [0.1, 0.15) is 0 Å². The number of nitrogen functional groups attached to an aromatic ring is 1. The van der Waals surface area contributed by atoms with Gasteiger partial charge in [0.05, 0.1) is 0 Å². The molecule has 2 N–H and O–H groups in total. The van der Waals surface area contributed by atoms with E-state index in [-0.39, 0.29) is 5.69 Å². The lowest BCUT2D eigenvalue weighted by Crippen LogP contribution is -2.35. The zero-order chi connectivity index (χ0) is 8.48. The average Bonchev–Trinajstić information content (AvgIpc) is 1.86. The largest absolute Gasteiger partial charge is 0.511 e. The van der Waals surface area contributed by atoms with Gasteiger partial charge in [-0.25, -0.2) is 0 Å². The highest BCUT2D eigenvalue weighted by Gasteiger charge is 2.26. The maximum Gasteiger partial charge on any atom is 0.511 e. The first kappa shape index (κ1) is 7.98. The van der Waals surface area contributed by atoms with E-state index in [1.807, 2.05) is 0 Å². The van der Waals surface area contributed by atoms with Crippen molar-refractivity contribution >= 4 is 18.1 Å². The summed E-state index contributed by atoms with van der Waals surface area (Å²) in [6.07, 6.45) is 0. The van der Waals surface area contributed by atoms with Gasteiger partial charge in [-0.2, -0.15) is 0 Å². The standard InChI is InChI=1S/C6H6BF3N/c8-7(9,10)5-3-1-2-4-6(5)11/h1-4H,11H2/q-1. The maximum atomic E-state index is 12.0. The minimum absolute atomic E-state index is 0.208. The molecule has 0 radical (unpaired) electrons. The molecular weight excluding hydrogens is 154 g/mol. The third kappa shape index (κ3) is 1.66. The van der Waals surface area contributed by atoms with Gasteiger partial charge in [-0.1, -0.05) is 23.7 Å². The van der Waals surface area contributed by atoms with Crippen molar-refractivity contribution in [3.63, 3.8) is 0 Å². The van der Waals surface area contributed by atoms with Gasteiger partial charge >= 0.3 is 6.98 Å². The van der Waals surface area contributed by atoms with Crippen LogP contribution in [0.25, 0.3) is 0 Å². The summed E-state index contributed by atoms with van der Waals surface area (Å²) in [6, 6.07) is 5.02. The van der Waals surface area contributed by atoms with Crippen LogP contribution in [0.1, 0.15) is 0 Å². The monoisotopic (exact) mass is 160 g/mol. The summed E-state index contributed by atoms with van der Waals surface area (Å²) >= 11 is 0. The molecule has 0 bridgehead atoms. The number of hydrogen-bond acceptors (Lipinski definition) is 1. The fraction of sp³-hybridized carbons (Fsp3) is 0. The van der Waals surface area contributed by atoms with Crippen LogP contribution in [0.5, 0.6) is 0 Å². The molecule has 11 heavy (non-hydrogen) atoms. The molecule has 0 spiro atoms. The van der Waals surface area contributed by atoms with E-state index >= 15 is 0 Å². The van der Waals surface area contributed by atoms with Gasteiger partial charge in [-0.15, -0.1) is 0 Å². The van der Waals surface area contributed by atoms with Crippen molar-refractivity contribution in [3.8, 4) is 0 Å². The fourth-order valence-corrected chi connectivity index (χ4v) is 0.809. The third-order valence-electron chi connectivity index (χ3n) is 1.35. The van der Waals surface area contributed by atoms with E-state index in [0.717, 1.165) is 6.07 Å². The van der Waals surface area contributed by atoms with E-state index in [4.69, 9.17) is 5.73 Å². The molecule has 0 aliphatic rings. The van der Waals surface area contributed by atoms with Crippen molar-refractivity contribution < 1.29 is 12.9 Å². The Morgan fingerprint density at radius 3 is 2.00 bits per heavy atom. The average molecular weight is 160 g/mol. The van der Waals surface area contributed by atoms with E-state index in [9.17, 15) is 12.9 Å². The van der Waals surface area contributed by atoms with Crippen molar-refractivity contribution in [2.45, 2.75) is 0 Å². The van der Waals surface area contributed by atoms with Crippen LogP contribution in [0.3, 0.4) is 0 Å². The van der Waals surface area contributed by atoms with Crippen LogP contribution in [0.2, 0.25) is 0 Å². The van der Waals surface area contributed by atoms with Gasteiger partial charge in [-0.05, 0) is 6.07 Å². The summed E-state index contributed by atoms with van der Waals surface area (Å²) in [4.78, 5) is 0. The lowest BCUT2D eigenvalue weighted by Gasteiger charge is -2.16. The number of halogens is 3. The molecule has 60 valence electrons. The highest BCUT2D eigenvalue weighted by atomic mass is 19.4. The van der Waals surface area contributed by atoms with Crippen molar-refractivity contribution in [3.05, 3.63) is 24.3 Å². The molecule has 0 fully saturated rings. The Kier molecular flexibility index (Phi) is 1.80. The smallest absolute Gasteiger partial charge is 0.445 e. The first-order valence-electron chi connectivity index (χ1n) is 3.06. The number of para-hydroxylation sites is 1. The lowest BCUT2D eigenvalue weighted by atomic mass is 9.79. The Bertz CT molecular complexity index is 258. The van der Waals surface area contributed by atoms with Crippen LogP contribution in [-0.2, 0) is 0 Å². The first-order valence-corrected chi connectivity index (χ1v) is 3.06. The zero-order valence-electron chi connectivity index (χ0n) is 5.60. The molecule has 1 aromatic rings. The van der Waals surface area contributed by atoms with E-state index in [1.165, 1.54) is 18.2 Å². The molecule has 5 heteroatoms. The van der Waals surface area contributed by atoms with E-state index in [0.29, 0.717) is 0 Å². The zero-order valence-corrected chi connectivity index (χ0v) is 5.60. The summed E-state index contributed by atoms with van der Waals surface area (Å²) in [7, 11) is 0. The van der Waals surface area contributed by atoms with Crippen LogP contribution in [0.4, 0.5) is 18.6 Å². The molecule has 0 aromatic heterocycles. The Morgan fingerprint density at radius 1 is 1.09 bits per heavy atom. The molecule has 0 saturated carbocycles. The van der Waals surface area contributed by atoms with E-state index in [2.05, 4.69) is 0 Å². The maximum absolute atomic E-state index is 12.0.